The smallest absolute Gasteiger partial charge is 0.0154 e. The second kappa shape index (κ2) is 17.6. The molecule has 0 aromatic heterocycles. The topological polar surface area (TPSA) is 0 Å². The Bertz CT molecular complexity index is 879. The van der Waals surface area contributed by atoms with Gasteiger partial charge >= 0.3 is 0 Å². The van der Waals surface area contributed by atoms with Crippen LogP contribution < -0.4 is 0 Å². The van der Waals surface area contributed by atoms with Crippen molar-refractivity contribution in [2.75, 3.05) is 0 Å². The van der Waals surface area contributed by atoms with Gasteiger partial charge in [-0.1, -0.05) is 134 Å². The van der Waals surface area contributed by atoms with Crippen LogP contribution in [0.25, 0.3) is 5.57 Å². The molecule has 2 atom stereocenters. The first-order chi connectivity index (χ1) is 17.8. The van der Waals surface area contributed by atoms with Crippen molar-refractivity contribution < 1.29 is 0 Å². The molecular weight excluding hydrogens is 444 g/mol. The van der Waals surface area contributed by atoms with E-state index in [9.17, 15) is 0 Å². The molecule has 208 valence electrons. The fraction of sp³-hybridized carbons (Fsp3) is 0.622. The monoisotopic (exact) mass is 504 g/mol. The first-order valence-corrected chi connectivity index (χ1v) is 15.6. The molecule has 0 bridgehead atoms. The van der Waals surface area contributed by atoms with Crippen molar-refractivity contribution in [2.24, 2.45) is 11.3 Å². The molecule has 3 rings (SSSR count). The lowest BCUT2D eigenvalue weighted by Crippen LogP contribution is -2.32. The van der Waals surface area contributed by atoms with Gasteiger partial charge in [-0.05, 0) is 98.8 Å². The largest absolute Gasteiger partial charge is 0.0955 e. The molecule has 2 aromatic carbocycles. The molecule has 0 spiro atoms. The van der Waals surface area contributed by atoms with Crippen LogP contribution in [0.3, 0.4) is 0 Å². The van der Waals surface area contributed by atoms with Gasteiger partial charge in [-0.15, -0.1) is 0 Å². The summed E-state index contributed by atoms with van der Waals surface area (Å²) >= 11 is 0. The Kier molecular flexibility index (Phi) is 15.8. The Morgan fingerprint density at radius 3 is 1.95 bits per heavy atom. The Balaban J connectivity index is 0.000000389. The van der Waals surface area contributed by atoms with Crippen molar-refractivity contribution in [3.63, 3.8) is 0 Å². The van der Waals surface area contributed by atoms with E-state index in [-0.39, 0.29) is 0 Å². The minimum atomic E-state index is 0.622. The van der Waals surface area contributed by atoms with E-state index < -0.39 is 0 Å². The molecule has 0 heterocycles. The summed E-state index contributed by atoms with van der Waals surface area (Å²) in [5.41, 5.74) is 8.87. The third-order valence-corrected chi connectivity index (χ3v) is 8.18. The molecule has 0 saturated heterocycles. The van der Waals surface area contributed by atoms with Crippen LogP contribution >= 0.6 is 0 Å². The Morgan fingerprint density at radius 2 is 1.46 bits per heavy atom. The summed E-state index contributed by atoms with van der Waals surface area (Å²) in [6, 6.07) is 16.0. The quantitative estimate of drug-likeness (QED) is 0.302. The van der Waals surface area contributed by atoms with Gasteiger partial charge in [-0.25, -0.2) is 0 Å². The third kappa shape index (κ3) is 10.8. The molecule has 0 amide bonds. The average molecular weight is 505 g/mol. The van der Waals surface area contributed by atoms with Crippen LogP contribution in [0.5, 0.6) is 0 Å². The minimum absolute atomic E-state index is 0.622. The summed E-state index contributed by atoms with van der Waals surface area (Å²) < 4.78 is 0. The lowest BCUT2D eigenvalue weighted by Gasteiger charge is -2.45. The lowest BCUT2D eigenvalue weighted by molar-refractivity contribution is 0.0904. The molecule has 0 radical (unpaired) electrons. The zero-order chi connectivity index (χ0) is 27.8. The second-order valence-electron chi connectivity index (χ2n) is 11.6. The van der Waals surface area contributed by atoms with Gasteiger partial charge in [-0.2, -0.15) is 0 Å². The van der Waals surface area contributed by atoms with Gasteiger partial charge in [0.25, 0.3) is 0 Å². The summed E-state index contributed by atoms with van der Waals surface area (Å²) in [5.74, 6) is 1.74. The van der Waals surface area contributed by atoms with Gasteiger partial charge in [-0.3, -0.25) is 0 Å². The van der Waals surface area contributed by atoms with Gasteiger partial charge in [0.1, 0.15) is 0 Å². The predicted octanol–water partition coefficient (Wildman–Crippen LogP) is 12.3. The number of aryl methyl sites for hydroxylation is 3. The summed E-state index contributed by atoms with van der Waals surface area (Å²) in [7, 11) is 0. The number of hydrogen-bond donors (Lipinski definition) is 0. The van der Waals surface area contributed by atoms with Crippen LogP contribution in [0.15, 0.2) is 49.0 Å². The van der Waals surface area contributed by atoms with Gasteiger partial charge in [0.05, 0.1) is 0 Å². The second-order valence-corrected chi connectivity index (χ2v) is 11.6. The fourth-order valence-electron chi connectivity index (χ4n) is 6.61. The number of benzene rings is 2. The highest BCUT2D eigenvalue weighted by molar-refractivity contribution is 5.62. The van der Waals surface area contributed by atoms with E-state index in [4.69, 9.17) is 0 Å². The van der Waals surface area contributed by atoms with Crippen LogP contribution in [0, 0.1) is 25.2 Å². The number of rotatable bonds is 10. The molecule has 2 unspecified atom stereocenters. The Morgan fingerprint density at radius 1 is 0.838 bits per heavy atom. The van der Waals surface area contributed by atoms with E-state index in [0.29, 0.717) is 5.41 Å². The molecular formula is C37H60. The highest BCUT2D eigenvalue weighted by Gasteiger charge is 2.39. The van der Waals surface area contributed by atoms with Gasteiger partial charge in [0.15, 0.2) is 0 Å². The van der Waals surface area contributed by atoms with Crippen molar-refractivity contribution in [2.45, 2.75) is 139 Å². The SMILES string of the molecule is C=C(C)c1ccc(CCC)c(C)c1.CC.CCCC1CC(c2ccc(C)cc2)CC(CCC)(CCC)C1. The van der Waals surface area contributed by atoms with Crippen molar-refractivity contribution >= 4 is 5.57 Å². The van der Waals surface area contributed by atoms with E-state index >= 15 is 0 Å². The maximum absolute atomic E-state index is 3.94. The van der Waals surface area contributed by atoms with Crippen molar-refractivity contribution in [1.82, 2.24) is 0 Å². The van der Waals surface area contributed by atoms with E-state index in [1.165, 1.54) is 92.9 Å². The van der Waals surface area contributed by atoms with Crippen LogP contribution in [-0.2, 0) is 6.42 Å². The van der Waals surface area contributed by atoms with Crippen molar-refractivity contribution in [3.05, 3.63) is 76.9 Å². The van der Waals surface area contributed by atoms with Crippen LogP contribution in [0.1, 0.15) is 146 Å². The van der Waals surface area contributed by atoms with Gasteiger partial charge < -0.3 is 0 Å². The zero-order valence-electron chi connectivity index (χ0n) is 26.2. The highest BCUT2D eigenvalue weighted by atomic mass is 14.4. The maximum atomic E-state index is 3.94. The number of hydrogen-bond acceptors (Lipinski definition) is 0. The summed E-state index contributed by atoms with van der Waals surface area (Å²) in [5, 5.41) is 0. The van der Waals surface area contributed by atoms with E-state index in [2.05, 4.69) is 90.6 Å². The first-order valence-electron chi connectivity index (χ1n) is 15.6. The molecule has 0 nitrogen and oxygen atoms in total. The predicted molar refractivity (Wildman–Crippen MR) is 170 cm³/mol. The molecule has 1 aliphatic carbocycles. The minimum Gasteiger partial charge on any atom is -0.0955 e. The average Bonchev–Trinajstić information content (AvgIpc) is 2.87. The third-order valence-electron chi connectivity index (χ3n) is 8.18. The first kappa shape index (κ1) is 33.2. The standard InChI is InChI=1S/C22H36.C13H18.C2H6/c1-5-8-19-15-21(20-11-9-18(4)10-12-20)17-22(16-19,13-6-2)14-7-3;1-5-6-12-7-8-13(10(2)3)9-11(12)4;1-2/h9-12,19,21H,5-8,13-17H2,1-4H3;7-9H,2,5-6H2,1,3-4H3;1-2H3. The molecule has 1 fully saturated rings. The molecule has 0 aliphatic heterocycles. The van der Waals surface area contributed by atoms with Crippen molar-refractivity contribution in [1.29, 1.82) is 0 Å². The molecule has 1 aliphatic rings. The van der Waals surface area contributed by atoms with E-state index in [1.54, 1.807) is 5.56 Å². The molecule has 1 saturated carbocycles. The van der Waals surface area contributed by atoms with E-state index in [0.717, 1.165) is 17.4 Å². The molecule has 2 aromatic rings. The normalized spacial score (nSPS) is 18.2. The maximum Gasteiger partial charge on any atom is -0.0154 e. The molecule has 37 heavy (non-hydrogen) atoms. The lowest BCUT2D eigenvalue weighted by atomic mass is 9.60. The van der Waals surface area contributed by atoms with Crippen LogP contribution in [0.2, 0.25) is 0 Å². The molecule has 0 heteroatoms. The number of allylic oxidation sites excluding steroid dienone is 1. The summed E-state index contributed by atoms with van der Waals surface area (Å²) in [6.07, 6.45) is 15.1. The summed E-state index contributed by atoms with van der Waals surface area (Å²) in [4.78, 5) is 0. The van der Waals surface area contributed by atoms with Crippen LogP contribution in [0.4, 0.5) is 0 Å². The van der Waals surface area contributed by atoms with Crippen LogP contribution in [-0.4, -0.2) is 0 Å². The Hall–Kier alpha value is -1.82. The Labute approximate surface area is 232 Å². The molecule has 0 N–H and O–H groups in total. The summed E-state index contributed by atoms with van der Waals surface area (Å²) in [6.45, 7) is 23.7. The van der Waals surface area contributed by atoms with Gasteiger partial charge in [0.2, 0.25) is 0 Å². The van der Waals surface area contributed by atoms with E-state index in [1.807, 2.05) is 20.8 Å². The zero-order valence-corrected chi connectivity index (χ0v) is 26.2. The highest BCUT2D eigenvalue weighted by Crippen LogP contribution is 2.52. The van der Waals surface area contributed by atoms with Gasteiger partial charge in [0, 0.05) is 0 Å². The van der Waals surface area contributed by atoms with Crippen molar-refractivity contribution in [3.8, 4) is 0 Å². The fourth-order valence-corrected chi connectivity index (χ4v) is 6.61.